The van der Waals surface area contributed by atoms with Crippen molar-refractivity contribution >= 4 is 0 Å². The van der Waals surface area contributed by atoms with Crippen molar-refractivity contribution in [3.63, 3.8) is 0 Å². The molecule has 1 aromatic heterocycles. The first-order valence-corrected chi connectivity index (χ1v) is 9.00. The van der Waals surface area contributed by atoms with E-state index in [-0.39, 0.29) is 5.82 Å². The van der Waals surface area contributed by atoms with Crippen LogP contribution in [0.1, 0.15) is 17.0 Å². The molecule has 4 nitrogen and oxygen atoms in total. The molecule has 0 bridgehead atoms. The molecule has 0 amide bonds. The Labute approximate surface area is 153 Å². The Morgan fingerprint density at radius 2 is 1.81 bits per heavy atom. The van der Waals surface area contributed by atoms with Gasteiger partial charge in [0.25, 0.3) is 0 Å². The number of nitrogens with zero attached hydrogens (tertiary/aromatic N) is 3. The lowest BCUT2D eigenvalue weighted by atomic mass is 9.89. The van der Waals surface area contributed by atoms with E-state index in [1.54, 1.807) is 16.8 Å². The standard InChI is InChI=1S/C21H23FN4/c22-19-6-8-20(9-7-19)26-13-16(11-24-26)12-25-14-18(10-23)21(15-25)17-4-2-1-3-5-17/h1-9,11,13,18,21H,10,12,14-15,23H2/t18-,21+/m1/s1. The Hall–Kier alpha value is -2.50. The van der Waals surface area contributed by atoms with Crippen molar-refractivity contribution in [1.82, 2.24) is 14.7 Å². The summed E-state index contributed by atoms with van der Waals surface area (Å²) in [5.74, 6) is 0.718. The van der Waals surface area contributed by atoms with Crippen LogP contribution in [0, 0.1) is 11.7 Å². The molecular weight excluding hydrogens is 327 g/mol. The van der Waals surface area contributed by atoms with E-state index in [4.69, 9.17) is 5.73 Å². The summed E-state index contributed by atoms with van der Waals surface area (Å²) >= 11 is 0. The molecule has 26 heavy (non-hydrogen) atoms. The predicted octanol–water partition coefficient (Wildman–Crippen LogP) is 3.19. The van der Waals surface area contributed by atoms with Gasteiger partial charge in [0.2, 0.25) is 0 Å². The quantitative estimate of drug-likeness (QED) is 0.769. The SMILES string of the molecule is NC[C@@H]1CN(Cc2cnn(-c3ccc(F)cc3)c2)C[C@H]1c1ccccc1. The van der Waals surface area contributed by atoms with Gasteiger partial charge in [-0.1, -0.05) is 30.3 Å². The number of likely N-dealkylation sites (tertiary alicyclic amines) is 1. The maximum absolute atomic E-state index is 13.1. The van der Waals surface area contributed by atoms with E-state index >= 15 is 0 Å². The number of halogens is 1. The van der Waals surface area contributed by atoms with Crippen molar-refractivity contribution in [2.24, 2.45) is 11.7 Å². The summed E-state index contributed by atoms with van der Waals surface area (Å²) in [6, 6.07) is 17.0. The van der Waals surface area contributed by atoms with Crippen LogP contribution in [0.25, 0.3) is 5.69 Å². The number of benzene rings is 2. The van der Waals surface area contributed by atoms with E-state index in [2.05, 4.69) is 40.3 Å². The first-order valence-electron chi connectivity index (χ1n) is 9.00. The molecule has 1 fully saturated rings. The van der Waals surface area contributed by atoms with E-state index < -0.39 is 0 Å². The first kappa shape index (κ1) is 16.9. The third-order valence-electron chi connectivity index (χ3n) is 5.18. The monoisotopic (exact) mass is 350 g/mol. The highest BCUT2D eigenvalue weighted by Crippen LogP contribution is 2.32. The van der Waals surface area contributed by atoms with E-state index in [1.807, 2.05) is 12.4 Å². The lowest BCUT2D eigenvalue weighted by Gasteiger charge is -2.16. The Bertz CT molecular complexity index is 844. The van der Waals surface area contributed by atoms with E-state index in [0.717, 1.165) is 30.9 Å². The van der Waals surface area contributed by atoms with Crippen molar-refractivity contribution in [1.29, 1.82) is 0 Å². The molecule has 3 aromatic rings. The van der Waals surface area contributed by atoms with Crippen molar-refractivity contribution in [2.75, 3.05) is 19.6 Å². The third kappa shape index (κ3) is 3.54. The summed E-state index contributed by atoms with van der Waals surface area (Å²) in [5.41, 5.74) is 9.42. The van der Waals surface area contributed by atoms with Crippen LogP contribution in [-0.4, -0.2) is 34.3 Å². The Morgan fingerprint density at radius 3 is 2.54 bits per heavy atom. The average Bonchev–Trinajstić information content (AvgIpc) is 3.30. The van der Waals surface area contributed by atoms with Crippen LogP contribution in [0.5, 0.6) is 0 Å². The number of nitrogens with two attached hydrogens (primary N) is 1. The molecule has 1 saturated heterocycles. The van der Waals surface area contributed by atoms with E-state index in [0.29, 0.717) is 18.4 Å². The molecule has 0 aliphatic carbocycles. The average molecular weight is 350 g/mol. The van der Waals surface area contributed by atoms with Gasteiger partial charge in [-0.15, -0.1) is 0 Å². The smallest absolute Gasteiger partial charge is 0.123 e. The van der Waals surface area contributed by atoms with Gasteiger partial charge >= 0.3 is 0 Å². The van der Waals surface area contributed by atoms with Crippen molar-refractivity contribution in [3.05, 3.63) is 83.9 Å². The van der Waals surface area contributed by atoms with Crippen LogP contribution >= 0.6 is 0 Å². The van der Waals surface area contributed by atoms with Crippen LogP contribution in [0.15, 0.2) is 67.0 Å². The highest BCUT2D eigenvalue weighted by Gasteiger charge is 2.32. The molecule has 1 aliphatic heterocycles. The molecule has 5 heteroatoms. The first-order chi connectivity index (χ1) is 12.7. The molecule has 4 rings (SSSR count). The van der Waals surface area contributed by atoms with E-state index in [1.165, 1.54) is 17.7 Å². The van der Waals surface area contributed by atoms with Gasteiger partial charge in [-0.3, -0.25) is 4.90 Å². The zero-order valence-electron chi connectivity index (χ0n) is 14.6. The number of hydrogen-bond donors (Lipinski definition) is 1. The molecule has 2 aromatic carbocycles. The van der Waals surface area contributed by atoms with Crippen LogP contribution in [-0.2, 0) is 6.54 Å². The van der Waals surface area contributed by atoms with Gasteiger partial charge < -0.3 is 5.73 Å². The topological polar surface area (TPSA) is 47.1 Å². The van der Waals surface area contributed by atoms with Crippen LogP contribution in [0.4, 0.5) is 4.39 Å². The Balaban J connectivity index is 1.46. The molecule has 1 aliphatic rings. The van der Waals surface area contributed by atoms with Crippen LogP contribution < -0.4 is 5.73 Å². The fourth-order valence-corrected chi connectivity index (χ4v) is 3.84. The second kappa shape index (κ2) is 7.40. The summed E-state index contributed by atoms with van der Waals surface area (Å²) < 4.78 is 14.9. The van der Waals surface area contributed by atoms with Crippen molar-refractivity contribution in [2.45, 2.75) is 12.5 Å². The lowest BCUT2D eigenvalue weighted by Crippen LogP contribution is -2.23. The van der Waals surface area contributed by atoms with Gasteiger partial charge in [0.1, 0.15) is 5.82 Å². The maximum atomic E-state index is 13.1. The van der Waals surface area contributed by atoms with Gasteiger partial charge in [0.15, 0.2) is 0 Å². The molecule has 0 spiro atoms. The molecule has 2 atom stereocenters. The second-order valence-electron chi connectivity index (χ2n) is 6.98. The van der Waals surface area contributed by atoms with Crippen LogP contribution in [0.3, 0.4) is 0 Å². The number of rotatable bonds is 5. The number of aromatic nitrogens is 2. The van der Waals surface area contributed by atoms with Gasteiger partial charge in [-0.05, 0) is 42.3 Å². The maximum Gasteiger partial charge on any atom is 0.123 e. The second-order valence-corrected chi connectivity index (χ2v) is 6.98. The van der Waals surface area contributed by atoms with Crippen molar-refractivity contribution in [3.8, 4) is 5.69 Å². The predicted molar refractivity (Wildman–Crippen MR) is 101 cm³/mol. The summed E-state index contributed by atoms with van der Waals surface area (Å²) in [6.07, 6.45) is 3.90. The number of hydrogen-bond acceptors (Lipinski definition) is 3. The van der Waals surface area contributed by atoms with Gasteiger partial charge in [-0.25, -0.2) is 9.07 Å². The van der Waals surface area contributed by atoms with Crippen LogP contribution in [0.2, 0.25) is 0 Å². The summed E-state index contributed by atoms with van der Waals surface area (Å²) in [5, 5.41) is 4.42. The minimum absolute atomic E-state index is 0.238. The van der Waals surface area contributed by atoms with Gasteiger partial charge in [-0.2, -0.15) is 5.10 Å². The molecule has 2 N–H and O–H groups in total. The fourth-order valence-electron chi connectivity index (χ4n) is 3.84. The Kier molecular flexibility index (Phi) is 4.82. The highest BCUT2D eigenvalue weighted by atomic mass is 19.1. The van der Waals surface area contributed by atoms with Crippen molar-refractivity contribution < 1.29 is 4.39 Å². The molecule has 134 valence electrons. The Morgan fingerprint density at radius 1 is 1.04 bits per heavy atom. The molecule has 2 heterocycles. The largest absolute Gasteiger partial charge is 0.330 e. The highest BCUT2D eigenvalue weighted by molar-refractivity contribution is 5.31. The molecular formula is C21H23FN4. The third-order valence-corrected chi connectivity index (χ3v) is 5.18. The normalized spacial score (nSPS) is 20.5. The summed E-state index contributed by atoms with van der Waals surface area (Å²) in [7, 11) is 0. The zero-order chi connectivity index (χ0) is 17.9. The molecule has 0 saturated carbocycles. The minimum Gasteiger partial charge on any atom is -0.330 e. The zero-order valence-corrected chi connectivity index (χ0v) is 14.6. The summed E-state index contributed by atoms with van der Waals surface area (Å²) in [4.78, 5) is 2.45. The summed E-state index contributed by atoms with van der Waals surface area (Å²) in [6.45, 7) is 3.55. The van der Waals surface area contributed by atoms with Gasteiger partial charge in [0.05, 0.1) is 11.9 Å². The fraction of sp³-hybridized carbons (Fsp3) is 0.286. The minimum atomic E-state index is -0.238. The molecule has 0 radical (unpaired) electrons. The van der Waals surface area contributed by atoms with Gasteiger partial charge in [0, 0.05) is 37.3 Å². The van der Waals surface area contributed by atoms with E-state index in [9.17, 15) is 4.39 Å². The lowest BCUT2D eigenvalue weighted by molar-refractivity contribution is 0.317. The molecule has 0 unspecified atom stereocenters.